The van der Waals surface area contributed by atoms with Crippen LogP contribution in [0.2, 0.25) is 0 Å². The van der Waals surface area contributed by atoms with E-state index in [1.165, 1.54) is 25.6 Å². The Kier molecular flexibility index (Phi) is 3.46. The molecular formula is C12H12N4O3. The average molecular weight is 260 g/mol. The fourth-order valence-corrected chi connectivity index (χ4v) is 1.47. The molecule has 0 saturated heterocycles. The third kappa shape index (κ3) is 2.71. The Hall–Kier alpha value is -2.83. The summed E-state index contributed by atoms with van der Waals surface area (Å²) in [7, 11) is 1.52. The van der Waals surface area contributed by atoms with Gasteiger partial charge in [0.05, 0.1) is 30.2 Å². The van der Waals surface area contributed by atoms with E-state index < -0.39 is 5.97 Å². The molecule has 0 aliphatic heterocycles. The molecule has 7 nitrogen and oxygen atoms in total. The summed E-state index contributed by atoms with van der Waals surface area (Å²) in [5.74, 6) is -0.353. The molecule has 2 aromatic heterocycles. The normalized spacial score (nSPS) is 9.95. The quantitative estimate of drug-likeness (QED) is 0.764. The Morgan fingerprint density at radius 3 is 2.74 bits per heavy atom. The molecule has 4 N–H and O–H groups in total. The van der Waals surface area contributed by atoms with Crippen LogP contribution in [0.5, 0.6) is 5.88 Å². The zero-order valence-corrected chi connectivity index (χ0v) is 10.1. The lowest BCUT2D eigenvalue weighted by Gasteiger charge is -2.09. The highest BCUT2D eigenvalue weighted by molar-refractivity contribution is 5.96. The number of rotatable bonds is 4. The molecule has 0 aliphatic carbocycles. The summed E-state index contributed by atoms with van der Waals surface area (Å²) >= 11 is 0. The Balaban J connectivity index is 2.27. The number of nitrogen functional groups attached to an aromatic ring is 1. The van der Waals surface area contributed by atoms with E-state index in [2.05, 4.69) is 15.3 Å². The van der Waals surface area contributed by atoms with E-state index in [1.807, 2.05) is 0 Å². The number of anilines is 3. The van der Waals surface area contributed by atoms with Crippen LogP contribution in [-0.4, -0.2) is 28.2 Å². The first-order valence-corrected chi connectivity index (χ1v) is 5.36. The second-order valence-electron chi connectivity index (χ2n) is 3.64. The smallest absolute Gasteiger partial charge is 0.337 e. The Morgan fingerprint density at radius 1 is 1.37 bits per heavy atom. The van der Waals surface area contributed by atoms with Crippen molar-refractivity contribution in [2.75, 3.05) is 18.2 Å². The number of hydrogen-bond acceptors (Lipinski definition) is 6. The molecule has 0 saturated carbocycles. The lowest BCUT2D eigenvalue weighted by molar-refractivity contribution is 0.0698. The van der Waals surface area contributed by atoms with Crippen molar-refractivity contribution in [2.45, 2.75) is 0 Å². The second kappa shape index (κ2) is 5.21. The Morgan fingerprint density at radius 2 is 2.16 bits per heavy atom. The van der Waals surface area contributed by atoms with Crippen molar-refractivity contribution in [3.8, 4) is 5.88 Å². The van der Waals surface area contributed by atoms with Crippen molar-refractivity contribution < 1.29 is 14.6 Å². The molecule has 0 atom stereocenters. The van der Waals surface area contributed by atoms with Crippen LogP contribution >= 0.6 is 0 Å². The highest BCUT2D eigenvalue weighted by atomic mass is 16.5. The van der Waals surface area contributed by atoms with Gasteiger partial charge in [-0.3, -0.25) is 0 Å². The van der Waals surface area contributed by atoms with Gasteiger partial charge in [0, 0.05) is 12.3 Å². The van der Waals surface area contributed by atoms with E-state index in [0.717, 1.165) is 0 Å². The topological polar surface area (TPSA) is 110 Å². The lowest BCUT2D eigenvalue weighted by atomic mass is 10.2. The van der Waals surface area contributed by atoms with Gasteiger partial charge in [0.15, 0.2) is 5.82 Å². The van der Waals surface area contributed by atoms with E-state index in [0.29, 0.717) is 11.6 Å². The van der Waals surface area contributed by atoms with Crippen molar-refractivity contribution in [3.63, 3.8) is 0 Å². The molecule has 7 heteroatoms. The van der Waals surface area contributed by atoms with Crippen LogP contribution in [0.15, 0.2) is 30.6 Å². The van der Waals surface area contributed by atoms with Gasteiger partial charge in [-0.2, -0.15) is 0 Å². The number of nitrogens with zero attached hydrogens (tertiary/aromatic N) is 2. The van der Waals surface area contributed by atoms with E-state index in [9.17, 15) is 4.79 Å². The van der Waals surface area contributed by atoms with Crippen LogP contribution in [0, 0.1) is 0 Å². The van der Waals surface area contributed by atoms with Gasteiger partial charge in [0.2, 0.25) is 5.88 Å². The first-order valence-electron chi connectivity index (χ1n) is 5.36. The summed E-state index contributed by atoms with van der Waals surface area (Å²) in [6.07, 6.45) is 2.91. The predicted molar refractivity (Wildman–Crippen MR) is 69.7 cm³/mol. The van der Waals surface area contributed by atoms with Gasteiger partial charge in [-0.25, -0.2) is 14.8 Å². The van der Waals surface area contributed by atoms with Gasteiger partial charge < -0.3 is 20.9 Å². The largest absolute Gasteiger partial charge is 0.481 e. The van der Waals surface area contributed by atoms with Crippen LogP contribution in [-0.2, 0) is 0 Å². The number of carbonyl (C=O) groups is 1. The zero-order chi connectivity index (χ0) is 13.8. The first-order chi connectivity index (χ1) is 9.11. The molecule has 19 heavy (non-hydrogen) atoms. The van der Waals surface area contributed by atoms with E-state index in [4.69, 9.17) is 15.6 Å². The summed E-state index contributed by atoms with van der Waals surface area (Å²) in [6.45, 7) is 0. The highest BCUT2D eigenvalue weighted by Crippen LogP contribution is 2.24. The molecule has 0 radical (unpaired) electrons. The number of aromatic nitrogens is 2. The minimum atomic E-state index is -1.10. The van der Waals surface area contributed by atoms with Crippen LogP contribution in [0.25, 0.3) is 0 Å². The van der Waals surface area contributed by atoms with Gasteiger partial charge in [-0.05, 0) is 12.1 Å². The standard InChI is InChI=1S/C12H12N4O3/c1-19-9-3-2-7(6-15-9)16-11-10(13)8(12(17)18)4-5-14-11/h2-6H,13H2,1H3,(H,14,16)(H,17,18). The zero-order valence-electron chi connectivity index (χ0n) is 10.1. The number of aromatic carboxylic acids is 1. The number of methoxy groups -OCH3 is 1. The molecule has 98 valence electrons. The summed E-state index contributed by atoms with van der Waals surface area (Å²) in [6, 6.07) is 4.73. The monoisotopic (exact) mass is 260 g/mol. The molecule has 0 spiro atoms. The molecule has 0 unspecified atom stereocenters. The van der Waals surface area contributed by atoms with Gasteiger partial charge in [-0.1, -0.05) is 0 Å². The van der Waals surface area contributed by atoms with Gasteiger partial charge in [0.1, 0.15) is 0 Å². The van der Waals surface area contributed by atoms with E-state index in [1.54, 1.807) is 12.1 Å². The maximum absolute atomic E-state index is 10.9. The number of nitrogens with two attached hydrogens (primary N) is 1. The third-order valence-corrected chi connectivity index (χ3v) is 2.43. The van der Waals surface area contributed by atoms with E-state index in [-0.39, 0.29) is 17.1 Å². The number of ether oxygens (including phenoxy) is 1. The number of carboxylic acids is 1. The van der Waals surface area contributed by atoms with Gasteiger partial charge >= 0.3 is 5.97 Å². The molecule has 0 amide bonds. The van der Waals surface area contributed by atoms with Crippen LogP contribution in [0.4, 0.5) is 17.2 Å². The lowest BCUT2D eigenvalue weighted by Crippen LogP contribution is -2.07. The summed E-state index contributed by atoms with van der Waals surface area (Å²) in [4.78, 5) is 19.0. The second-order valence-corrected chi connectivity index (χ2v) is 3.64. The third-order valence-electron chi connectivity index (χ3n) is 2.43. The number of hydrogen-bond donors (Lipinski definition) is 3. The Labute approximate surface area is 109 Å². The number of nitrogens with one attached hydrogen (secondary N) is 1. The molecule has 2 aromatic rings. The number of carboxylic acid groups (broad SMARTS) is 1. The molecule has 0 aromatic carbocycles. The molecule has 0 aliphatic rings. The van der Waals surface area contributed by atoms with Crippen LogP contribution in [0.1, 0.15) is 10.4 Å². The summed E-state index contributed by atoms with van der Waals surface area (Å²) in [5, 5.41) is 11.9. The number of pyridine rings is 2. The maximum atomic E-state index is 10.9. The fraction of sp³-hybridized carbons (Fsp3) is 0.0833. The van der Waals surface area contributed by atoms with E-state index >= 15 is 0 Å². The van der Waals surface area contributed by atoms with Crippen molar-refractivity contribution in [1.29, 1.82) is 0 Å². The van der Waals surface area contributed by atoms with Crippen LogP contribution in [0.3, 0.4) is 0 Å². The summed E-state index contributed by atoms with van der Waals surface area (Å²) in [5.41, 5.74) is 6.44. The minimum absolute atomic E-state index is 0.000953. The average Bonchev–Trinajstić information content (AvgIpc) is 2.41. The van der Waals surface area contributed by atoms with Gasteiger partial charge in [0.25, 0.3) is 0 Å². The fourth-order valence-electron chi connectivity index (χ4n) is 1.47. The molecule has 2 heterocycles. The molecule has 0 fully saturated rings. The van der Waals surface area contributed by atoms with Crippen molar-refractivity contribution in [3.05, 3.63) is 36.2 Å². The SMILES string of the molecule is COc1ccc(Nc2nccc(C(=O)O)c2N)cn1. The van der Waals surface area contributed by atoms with Crippen LogP contribution < -0.4 is 15.8 Å². The van der Waals surface area contributed by atoms with Gasteiger partial charge in [-0.15, -0.1) is 0 Å². The molecule has 0 bridgehead atoms. The minimum Gasteiger partial charge on any atom is -0.481 e. The predicted octanol–water partition coefficient (Wildman–Crippen LogP) is 1.51. The van der Waals surface area contributed by atoms with Crippen molar-refractivity contribution >= 4 is 23.2 Å². The van der Waals surface area contributed by atoms with Crippen molar-refractivity contribution in [2.24, 2.45) is 0 Å². The first kappa shape index (κ1) is 12.6. The molecule has 2 rings (SSSR count). The maximum Gasteiger partial charge on any atom is 0.337 e. The Bertz CT molecular complexity index is 598. The molecular weight excluding hydrogens is 248 g/mol. The highest BCUT2D eigenvalue weighted by Gasteiger charge is 2.12. The van der Waals surface area contributed by atoms with Crippen molar-refractivity contribution in [1.82, 2.24) is 9.97 Å². The summed E-state index contributed by atoms with van der Waals surface area (Å²) < 4.78 is 4.94.